The summed E-state index contributed by atoms with van der Waals surface area (Å²) in [4.78, 5) is 9.80. The van der Waals surface area contributed by atoms with Gasteiger partial charge in [0, 0.05) is 54.2 Å². The Morgan fingerprint density at radius 2 is 1.16 bits per heavy atom. The van der Waals surface area contributed by atoms with E-state index in [4.69, 9.17) is 14.5 Å². The third kappa shape index (κ3) is 8.13. The lowest BCUT2D eigenvalue weighted by molar-refractivity contribution is 0.483. The van der Waals surface area contributed by atoms with Crippen LogP contribution >= 0.6 is 0 Å². The number of hydrogen-bond acceptors (Lipinski definition) is 5. The quantitative estimate of drug-likeness (QED) is 0.176. The second kappa shape index (κ2) is 18.0. The summed E-state index contributed by atoms with van der Waals surface area (Å²) in [5.74, 6) is 2.68. The van der Waals surface area contributed by atoms with Gasteiger partial charge >= 0.3 is 0 Å². The molecule has 11 aromatic rings. The van der Waals surface area contributed by atoms with Gasteiger partial charge < -0.3 is 19.3 Å². The number of hydrogen-bond donors (Lipinski definition) is 0. The van der Waals surface area contributed by atoms with Crippen LogP contribution in [0.4, 0.5) is 22.7 Å². The van der Waals surface area contributed by atoms with Crippen LogP contribution in [0, 0.1) is 5.92 Å². The zero-order valence-corrected chi connectivity index (χ0v) is 41.9. The summed E-state index contributed by atoms with van der Waals surface area (Å²) in [5, 5.41) is 1.30. The first-order valence-electron chi connectivity index (χ1n) is 27.8. The van der Waals surface area contributed by atoms with E-state index in [0.29, 0.717) is 68.6 Å². The molecule has 15 rings (SSSR count). The number of pyridine rings is 1. The first-order chi connectivity index (χ1) is 38.1. The van der Waals surface area contributed by atoms with Crippen molar-refractivity contribution in [1.29, 1.82) is 0 Å². The smallest absolute Gasteiger partial charge is 0.137 e. The molecule has 6 heterocycles. The first-order valence-corrected chi connectivity index (χ1v) is 25.3. The van der Waals surface area contributed by atoms with Gasteiger partial charge in [0.1, 0.15) is 35.5 Å². The molecule has 0 saturated carbocycles. The fourth-order valence-corrected chi connectivity index (χ4v) is 10.7. The predicted octanol–water partition coefficient (Wildman–Crippen LogP) is 18.5. The number of nitrogens with zero attached hydrogens (tertiary/aromatic N) is 4. The Hall–Kier alpha value is -8.87. The van der Waals surface area contributed by atoms with E-state index in [1.807, 2.05) is 152 Å². The Labute approximate surface area is 440 Å². The summed E-state index contributed by atoms with van der Waals surface area (Å²) in [6.45, 7) is 10.8. The van der Waals surface area contributed by atoms with Gasteiger partial charge in [-0.2, -0.15) is 0 Å². The zero-order valence-electron chi connectivity index (χ0n) is 46.9. The SMILES string of the molecule is [2H]c1c(-c2ccccc2)c([2H])c2c3ccc4cc3n(c2c1[2H])-c1cc(C(C)(C)C)c(cn1)-c1ccc(cc1)Oc1cccc(c1)-c1cc(C([2H])([2H])C(C)C)cc(-c2ccccc2)c1N1CN(c2cccc(c2)O4)c2ccccc21. The number of benzene rings is 9. The summed E-state index contributed by atoms with van der Waals surface area (Å²) >= 11 is 0. The van der Waals surface area contributed by atoms with Crippen LogP contribution in [0.3, 0.4) is 0 Å². The Bertz CT molecular complexity index is 4210. The monoisotopic (exact) mass is 965 g/mol. The van der Waals surface area contributed by atoms with Gasteiger partial charge in [0.2, 0.25) is 0 Å². The Morgan fingerprint density at radius 3 is 1.91 bits per heavy atom. The molecule has 74 heavy (non-hydrogen) atoms. The van der Waals surface area contributed by atoms with E-state index in [1.165, 1.54) is 0 Å². The highest BCUT2D eigenvalue weighted by Crippen LogP contribution is 2.52. The van der Waals surface area contributed by atoms with Crippen LogP contribution in [0.15, 0.2) is 218 Å². The van der Waals surface area contributed by atoms with E-state index in [1.54, 1.807) is 0 Å². The van der Waals surface area contributed by atoms with Gasteiger partial charge in [0.25, 0.3) is 0 Å². The number of rotatable bonds is 4. The van der Waals surface area contributed by atoms with Gasteiger partial charge in [-0.3, -0.25) is 4.57 Å². The molecular weight excluding hydrogens is 905 g/mol. The van der Waals surface area contributed by atoms with Crippen molar-refractivity contribution in [2.75, 3.05) is 16.5 Å². The minimum absolute atomic E-state index is 0.000157. The molecule has 360 valence electrons. The van der Waals surface area contributed by atoms with E-state index in [2.05, 4.69) is 97.3 Å². The van der Waals surface area contributed by atoms with E-state index < -0.39 is 6.37 Å². The van der Waals surface area contributed by atoms with Crippen LogP contribution < -0.4 is 19.3 Å². The van der Waals surface area contributed by atoms with E-state index in [-0.39, 0.29) is 29.5 Å². The lowest BCUT2D eigenvalue weighted by atomic mass is 9.82. The van der Waals surface area contributed by atoms with Crippen LogP contribution in [0.5, 0.6) is 23.0 Å². The average molecular weight is 966 g/mol. The first kappa shape index (κ1) is 39.7. The van der Waals surface area contributed by atoms with Crippen molar-refractivity contribution in [1.82, 2.24) is 9.55 Å². The van der Waals surface area contributed by atoms with Crippen LogP contribution in [0.1, 0.15) is 52.6 Å². The molecule has 4 aliphatic heterocycles. The van der Waals surface area contributed by atoms with Crippen molar-refractivity contribution in [3.05, 3.63) is 230 Å². The Morgan fingerprint density at radius 1 is 0.541 bits per heavy atom. The molecular formula is C68H56N4O2. The number of ether oxygens (including phenoxy) is 2. The highest BCUT2D eigenvalue weighted by atomic mass is 16.5. The molecule has 0 atom stereocenters. The molecule has 9 aromatic carbocycles. The van der Waals surface area contributed by atoms with Gasteiger partial charge in [-0.15, -0.1) is 0 Å². The van der Waals surface area contributed by atoms with Gasteiger partial charge in [-0.05, 0) is 148 Å². The topological polar surface area (TPSA) is 42.8 Å². The van der Waals surface area contributed by atoms with E-state index in [0.717, 1.165) is 67.1 Å². The summed E-state index contributed by atoms with van der Waals surface area (Å²) < 4.78 is 63.6. The summed E-state index contributed by atoms with van der Waals surface area (Å²) in [6.07, 6.45) is 0.234. The van der Waals surface area contributed by atoms with Crippen LogP contribution in [-0.4, -0.2) is 16.2 Å². The van der Waals surface area contributed by atoms with Crippen molar-refractivity contribution in [2.24, 2.45) is 5.92 Å². The van der Waals surface area contributed by atoms with E-state index in [9.17, 15) is 6.85 Å². The number of aromatic nitrogens is 2. The maximum atomic E-state index is 9.81. The largest absolute Gasteiger partial charge is 0.457 e. The number of anilines is 4. The van der Waals surface area contributed by atoms with Crippen molar-refractivity contribution >= 4 is 44.6 Å². The second-order valence-electron chi connectivity index (χ2n) is 20.5. The molecule has 0 N–H and O–H groups in total. The molecule has 6 nitrogen and oxygen atoms in total. The molecule has 0 unspecified atom stereocenters. The van der Waals surface area contributed by atoms with E-state index >= 15 is 0 Å². The van der Waals surface area contributed by atoms with Gasteiger partial charge in [-0.1, -0.05) is 144 Å². The third-order valence-electron chi connectivity index (χ3n) is 14.1. The number of fused-ring (bicyclic) bond motifs is 5. The molecule has 4 aliphatic rings. The maximum absolute atomic E-state index is 9.81. The minimum Gasteiger partial charge on any atom is -0.457 e. The van der Waals surface area contributed by atoms with Crippen molar-refractivity contribution in [2.45, 2.75) is 46.4 Å². The van der Waals surface area contributed by atoms with Gasteiger partial charge in [0.05, 0.1) is 32.2 Å². The second-order valence-corrected chi connectivity index (χ2v) is 20.5. The summed E-state index contributed by atoms with van der Waals surface area (Å²) in [6, 6.07) is 64.5. The van der Waals surface area contributed by atoms with Gasteiger partial charge in [0.15, 0.2) is 0 Å². The van der Waals surface area contributed by atoms with Crippen LogP contribution in [-0.2, 0) is 11.8 Å². The van der Waals surface area contributed by atoms with Gasteiger partial charge in [-0.25, -0.2) is 4.98 Å². The lowest BCUT2D eigenvalue weighted by Crippen LogP contribution is -2.25. The Kier molecular flexibility index (Phi) is 9.66. The lowest BCUT2D eigenvalue weighted by Gasteiger charge is -2.28. The third-order valence-corrected chi connectivity index (χ3v) is 14.1. The molecule has 0 fully saturated rings. The number of para-hydroxylation sites is 2. The minimum atomic E-state index is -1.65. The molecule has 2 aromatic heterocycles. The molecule has 12 bridgehead atoms. The maximum Gasteiger partial charge on any atom is 0.137 e. The molecule has 0 saturated heterocycles. The van der Waals surface area contributed by atoms with Crippen molar-refractivity contribution in [3.8, 4) is 73.3 Å². The van der Waals surface area contributed by atoms with Crippen molar-refractivity contribution < 1.29 is 16.3 Å². The summed E-state index contributed by atoms with van der Waals surface area (Å²) in [5.41, 5.74) is 12.8. The molecule has 0 radical (unpaired) electrons. The fraction of sp³-hybridized carbons (Fsp3) is 0.132. The molecule has 0 aliphatic carbocycles. The standard InChI is InChI=1S/C68H56N4O2/c1-44(2)34-45-35-57(47-18-10-7-11-19-47)67-58(36-45)50-20-14-22-53(37-50)73-52-29-26-48(27-30-52)60-42-69-66(41-61(60)68(3,4)5)72-62-33-28-49(46-16-8-6-9-17-46)38-59(62)56-32-31-55(40-65(56)72)74-54-23-15-21-51(39-54)70-43-71(67)64-25-13-12-24-63(64)70/h6-33,35-42,44H,34,43H2,1-5H3/i28D,33D,34D2,38D. The summed E-state index contributed by atoms with van der Waals surface area (Å²) in [7, 11) is 0. The van der Waals surface area contributed by atoms with Crippen LogP contribution in [0.25, 0.3) is 72.1 Å². The Balaban J connectivity index is 1.05. The van der Waals surface area contributed by atoms with Crippen LogP contribution in [0.2, 0.25) is 0 Å². The molecule has 0 amide bonds. The predicted molar refractivity (Wildman–Crippen MR) is 306 cm³/mol. The highest BCUT2D eigenvalue weighted by molar-refractivity contribution is 6.11. The van der Waals surface area contributed by atoms with Crippen molar-refractivity contribution in [3.63, 3.8) is 0 Å². The molecule has 6 heteroatoms. The zero-order chi connectivity index (χ0) is 54.5. The normalized spacial score (nSPS) is 14.1. The average Bonchev–Trinajstić information content (AvgIpc) is 4.06. The fourth-order valence-electron chi connectivity index (χ4n) is 10.7. The highest BCUT2D eigenvalue weighted by Gasteiger charge is 2.32. The molecule has 0 spiro atoms.